The fourth-order valence-electron chi connectivity index (χ4n) is 1.82. The summed E-state index contributed by atoms with van der Waals surface area (Å²) >= 11 is 3.44. The van der Waals surface area contributed by atoms with E-state index in [2.05, 4.69) is 69.5 Å². The highest BCUT2D eigenvalue weighted by Crippen LogP contribution is 2.35. The fraction of sp³-hybridized carbons (Fsp3) is 0.0714. The third-order valence-corrected chi connectivity index (χ3v) is 3.24. The lowest BCUT2D eigenvalue weighted by atomic mass is 10.0. The van der Waals surface area contributed by atoms with Crippen molar-refractivity contribution in [1.29, 1.82) is 0 Å². The van der Waals surface area contributed by atoms with Crippen LogP contribution in [0.25, 0.3) is 0 Å². The van der Waals surface area contributed by atoms with Gasteiger partial charge in [0.1, 0.15) is 6.04 Å². The van der Waals surface area contributed by atoms with Crippen LogP contribution in [-0.4, -0.2) is 5.71 Å². The van der Waals surface area contributed by atoms with Crippen molar-refractivity contribution in [3.8, 4) is 0 Å². The van der Waals surface area contributed by atoms with Crippen molar-refractivity contribution < 1.29 is 0 Å². The monoisotopic (exact) mass is 271 g/mol. The first-order valence-electron chi connectivity index (χ1n) is 5.23. The summed E-state index contributed by atoms with van der Waals surface area (Å²) in [4.78, 5) is 4.53. The number of hydrogen-bond donors (Lipinski definition) is 0. The maximum atomic E-state index is 4.53. The Balaban J connectivity index is 1.81. The maximum absolute atomic E-state index is 4.53. The van der Waals surface area contributed by atoms with Crippen LogP contribution in [-0.2, 0) is 0 Å². The molecule has 2 aromatic rings. The van der Waals surface area contributed by atoms with Crippen LogP contribution in [0.1, 0.15) is 17.2 Å². The van der Waals surface area contributed by atoms with Crippen molar-refractivity contribution in [2.75, 3.05) is 0 Å². The van der Waals surface area contributed by atoms with Crippen LogP contribution >= 0.6 is 15.9 Å². The minimum Gasteiger partial charge on any atom is -0.272 e. The van der Waals surface area contributed by atoms with Gasteiger partial charge in [-0.15, -0.1) is 0 Å². The van der Waals surface area contributed by atoms with Gasteiger partial charge in [0.15, 0.2) is 0 Å². The Bertz CT molecular complexity index is 528. The van der Waals surface area contributed by atoms with Crippen molar-refractivity contribution in [1.82, 2.24) is 0 Å². The summed E-state index contributed by atoms with van der Waals surface area (Å²) in [7, 11) is 0. The Morgan fingerprint density at radius 2 is 1.56 bits per heavy atom. The zero-order chi connectivity index (χ0) is 11.0. The number of benzene rings is 2. The standard InChI is InChI=1S/C14H10BrN/c15-12-8-6-11(7-9-12)14-13(16-14)10-4-2-1-3-5-10/h1-9,14H. The predicted molar refractivity (Wildman–Crippen MR) is 69.9 cm³/mol. The molecule has 0 amide bonds. The summed E-state index contributed by atoms with van der Waals surface area (Å²) < 4.78 is 1.11. The van der Waals surface area contributed by atoms with E-state index < -0.39 is 0 Å². The highest BCUT2D eigenvalue weighted by Gasteiger charge is 2.29. The van der Waals surface area contributed by atoms with Gasteiger partial charge in [-0.1, -0.05) is 58.4 Å². The summed E-state index contributed by atoms with van der Waals surface area (Å²) in [5.74, 6) is 0. The number of rotatable bonds is 2. The molecule has 0 radical (unpaired) electrons. The van der Waals surface area contributed by atoms with Crippen LogP contribution < -0.4 is 0 Å². The summed E-state index contributed by atoms with van der Waals surface area (Å²) in [6, 6.07) is 19.0. The number of aliphatic imine (C=N–C) groups is 1. The second kappa shape index (κ2) is 3.87. The number of hydrogen-bond acceptors (Lipinski definition) is 1. The van der Waals surface area contributed by atoms with Gasteiger partial charge in [-0.25, -0.2) is 0 Å². The van der Waals surface area contributed by atoms with Crippen molar-refractivity contribution in [2.24, 2.45) is 4.99 Å². The van der Waals surface area contributed by atoms with E-state index >= 15 is 0 Å². The molecule has 0 aromatic heterocycles. The molecule has 1 aliphatic heterocycles. The second-order valence-corrected chi connectivity index (χ2v) is 4.75. The topological polar surface area (TPSA) is 12.4 Å². The molecule has 2 heteroatoms. The van der Waals surface area contributed by atoms with Gasteiger partial charge in [0.05, 0.1) is 5.71 Å². The lowest BCUT2D eigenvalue weighted by Crippen LogP contribution is -1.92. The van der Waals surface area contributed by atoms with Crippen molar-refractivity contribution in [2.45, 2.75) is 6.04 Å². The van der Waals surface area contributed by atoms with Gasteiger partial charge in [-0.05, 0) is 23.3 Å². The summed E-state index contributed by atoms with van der Waals surface area (Å²) in [6.45, 7) is 0. The van der Waals surface area contributed by atoms with Crippen LogP contribution in [0.4, 0.5) is 0 Å². The van der Waals surface area contributed by atoms with Gasteiger partial charge in [0, 0.05) is 4.47 Å². The zero-order valence-electron chi connectivity index (χ0n) is 8.60. The first-order valence-corrected chi connectivity index (χ1v) is 6.02. The molecule has 2 aromatic carbocycles. The number of nitrogens with zero attached hydrogens (tertiary/aromatic N) is 1. The molecule has 1 unspecified atom stereocenters. The molecule has 0 bridgehead atoms. The van der Waals surface area contributed by atoms with E-state index in [0.29, 0.717) is 0 Å². The third-order valence-electron chi connectivity index (χ3n) is 2.71. The van der Waals surface area contributed by atoms with Gasteiger partial charge in [-0.3, -0.25) is 4.99 Å². The molecule has 16 heavy (non-hydrogen) atoms. The van der Waals surface area contributed by atoms with Gasteiger partial charge < -0.3 is 0 Å². The third kappa shape index (κ3) is 1.81. The smallest absolute Gasteiger partial charge is 0.118 e. The zero-order valence-corrected chi connectivity index (χ0v) is 10.2. The minimum absolute atomic E-state index is 0.274. The van der Waals surface area contributed by atoms with Gasteiger partial charge in [-0.2, -0.15) is 0 Å². The molecule has 1 atom stereocenters. The lowest BCUT2D eigenvalue weighted by Gasteiger charge is -1.98. The van der Waals surface area contributed by atoms with Crippen LogP contribution in [0.5, 0.6) is 0 Å². The van der Waals surface area contributed by atoms with E-state index in [4.69, 9.17) is 0 Å². The summed E-state index contributed by atoms with van der Waals surface area (Å²) in [5, 5.41) is 0. The van der Waals surface area contributed by atoms with Crippen LogP contribution in [0.3, 0.4) is 0 Å². The SMILES string of the molecule is Brc1ccc(C2N=C2c2ccccc2)cc1. The molecule has 0 saturated heterocycles. The molecule has 1 aliphatic rings. The van der Waals surface area contributed by atoms with Crippen LogP contribution in [0.15, 0.2) is 64.1 Å². The van der Waals surface area contributed by atoms with E-state index in [1.54, 1.807) is 0 Å². The van der Waals surface area contributed by atoms with E-state index in [0.717, 1.165) is 4.47 Å². The van der Waals surface area contributed by atoms with Crippen LogP contribution in [0, 0.1) is 0 Å². The average Bonchev–Trinajstić information content (AvgIpc) is 3.11. The first-order chi connectivity index (χ1) is 7.84. The summed E-state index contributed by atoms with van der Waals surface area (Å²) in [6.07, 6.45) is 0. The van der Waals surface area contributed by atoms with Crippen molar-refractivity contribution in [3.05, 3.63) is 70.2 Å². The van der Waals surface area contributed by atoms with Gasteiger partial charge in [0.2, 0.25) is 0 Å². The van der Waals surface area contributed by atoms with Crippen molar-refractivity contribution in [3.63, 3.8) is 0 Å². The minimum atomic E-state index is 0.274. The Hall–Kier alpha value is -1.41. The van der Waals surface area contributed by atoms with E-state index in [1.807, 2.05) is 6.07 Å². The van der Waals surface area contributed by atoms with E-state index in [1.165, 1.54) is 16.8 Å². The van der Waals surface area contributed by atoms with E-state index in [-0.39, 0.29) is 6.04 Å². The number of halogens is 1. The van der Waals surface area contributed by atoms with Gasteiger partial charge in [0.25, 0.3) is 0 Å². The Morgan fingerprint density at radius 3 is 2.25 bits per heavy atom. The van der Waals surface area contributed by atoms with Crippen LogP contribution in [0.2, 0.25) is 0 Å². The average molecular weight is 272 g/mol. The lowest BCUT2D eigenvalue weighted by molar-refractivity contribution is 1.13. The molecule has 1 nitrogen and oxygen atoms in total. The molecule has 3 rings (SSSR count). The molecule has 0 spiro atoms. The molecule has 1 heterocycles. The largest absolute Gasteiger partial charge is 0.272 e. The Labute approximate surface area is 103 Å². The molecule has 78 valence electrons. The molecular formula is C14H10BrN. The molecule has 0 saturated carbocycles. The fourth-order valence-corrected chi connectivity index (χ4v) is 2.08. The Kier molecular flexibility index (Phi) is 2.37. The molecule has 0 aliphatic carbocycles. The second-order valence-electron chi connectivity index (χ2n) is 3.83. The molecule has 0 N–H and O–H groups in total. The highest BCUT2D eigenvalue weighted by atomic mass is 79.9. The molecule has 0 fully saturated rings. The highest BCUT2D eigenvalue weighted by molar-refractivity contribution is 9.10. The Morgan fingerprint density at radius 1 is 0.875 bits per heavy atom. The quantitative estimate of drug-likeness (QED) is 0.783. The first kappa shape index (κ1) is 9.79. The molecular weight excluding hydrogens is 262 g/mol. The predicted octanol–water partition coefficient (Wildman–Crippen LogP) is 3.99. The van der Waals surface area contributed by atoms with E-state index in [9.17, 15) is 0 Å². The maximum Gasteiger partial charge on any atom is 0.118 e. The summed E-state index contributed by atoms with van der Waals surface area (Å²) in [5.41, 5.74) is 3.69. The normalized spacial score (nSPS) is 18.1. The van der Waals surface area contributed by atoms with Gasteiger partial charge >= 0.3 is 0 Å². The van der Waals surface area contributed by atoms with Crippen molar-refractivity contribution >= 4 is 21.6 Å².